The quantitative estimate of drug-likeness (QED) is 0.572. The van der Waals surface area contributed by atoms with E-state index in [9.17, 15) is 5.87 Å². The predicted octanol–water partition coefficient (Wildman–Crippen LogP) is -0.999. The van der Waals surface area contributed by atoms with Gasteiger partial charge in [-0.2, -0.15) is 0 Å². The van der Waals surface area contributed by atoms with E-state index in [1.54, 1.807) is 0 Å². The van der Waals surface area contributed by atoms with Gasteiger partial charge < -0.3 is 0 Å². The molecule has 20 valence electrons. The second-order valence-electron chi connectivity index (χ2n) is 0.211. The molecule has 0 N–H and O–H groups in total. The molecule has 0 aromatic carbocycles. The van der Waals surface area contributed by atoms with Crippen LogP contribution in [0.15, 0.2) is 0 Å². The first-order chi connectivity index (χ1) is 1.91. The van der Waals surface area contributed by atoms with Crippen LogP contribution in [0.2, 0.25) is 0 Å². The molecule has 0 unspecified atom stereocenters. The molecular weight excluding hydrogens is 269 g/mol. The molecular formula is InO2Sb. The van der Waals surface area contributed by atoms with Gasteiger partial charge in [0.15, 0.2) is 0 Å². The molecule has 0 rings (SSSR count). The van der Waals surface area contributed by atoms with E-state index < -0.39 is 35.7 Å². The first-order valence-corrected chi connectivity index (χ1v) is 14.4. The van der Waals surface area contributed by atoms with Crippen molar-refractivity contribution in [3.05, 3.63) is 0 Å². The monoisotopic (exact) mass is 268 g/mol. The Labute approximate surface area is 41.2 Å². The summed E-state index contributed by atoms with van der Waals surface area (Å²) < 4.78 is 18.5. The third-order valence-corrected chi connectivity index (χ3v) is 1.94. The van der Waals surface area contributed by atoms with Crippen molar-refractivity contribution in [2.75, 3.05) is 0 Å². The zero-order chi connectivity index (χ0) is 3.41. The minimum atomic E-state index is -1.56. The van der Waals surface area contributed by atoms with Gasteiger partial charge in [-0.25, -0.2) is 0 Å². The normalized spacial score (nSPS) is 4.00. The van der Waals surface area contributed by atoms with Crippen molar-refractivity contribution in [3.8, 4) is 0 Å². The van der Waals surface area contributed by atoms with Crippen molar-refractivity contribution in [1.29, 1.82) is 0 Å². The van der Waals surface area contributed by atoms with E-state index in [0.29, 0.717) is 0 Å². The summed E-state index contributed by atoms with van der Waals surface area (Å²) in [6.07, 6.45) is 0. The van der Waals surface area contributed by atoms with Gasteiger partial charge in [0.2, 0.25) is 0 Å². The van der Waals surface area contributed by atoms with Crippen molar-refractivity contribution >= 4 is 35.7 Å². The third kappa shape index (κ3) is 3.29. The van der Waals surface area contributed by atoms with Gasteiger partial charge in [0.1, 0.15) is 0 Å². The Morgan fingerprint density at radius 1 is 1.75 bits per heavy atom. The van der Waals surface area contributed by atoms with Crippen LogP contribution in [-0.2, 0) is 5.87 Å². The summed E-state index contributed by atoms with van der Waals surface area (Å²) >= 11 is -2.82. The van der Waals surface area contributed by atoms with Gasteiger partial charge in [0.25, 0.3) is 0 Å². The van der Waals surface area contributed by atoms with E-state index in [0.717, 1.165) is 0 Å². The van der Waals surface area contributed by atoms with Crippen LogP contribution in [0.5, 0.6) is 0 Å². The van der Waals surface area contributed by atoms with Crippen molar-refractivity contribution < 1.29 is 5.87 Å². The van der Waals surface area contributed by atoms with Crippen molar-refractivity contribution in [1.82, 2.24) is 0 Å². The zero-order valence-corrected chi connectivity index (χ0v) is 7.69. The molecule has 0 aliphatic heterocycles. The fraction of sp³-hybridized carbons (Fsp3) is 0. The molecule has 0 saturated carbocycles. The Kier molecular flexibility index (Phi) is 5.67. The van der Waals surface area contributed by atoms with Crippen LogP contribution in [0.4, 0.5) is 0 Å². The molecule has 4 heteroatoms. The molecule has 0 saturated heterocycles. The number of hydrogen-bond donors (Lipinski definition) is 0. The fourth-order valence-electron chi connectivity index (χ4n) is 0. The van der Waals surface area contributed by atoms with Gasteiger partial charge in [-0.3, -0.25) is 0 Å². The van der Waals surface area contributed by atoms with Crippen LogP contribution in [0.3, 0.4) is 0 Å². The molecule has 4 heavy (non-hydrogen) atoms. The molecule has 0 aromatic rings. The Morgan fingerprint density at radius 3 is 2.00 bits per heavy atom. The van der Waals surface area contributed by atoms with E-state index in [-0.39, 0.29) is 0 Å². The molecule has 0 radical (unpaired) electrons. The summed E-state index contributed by atoms with van der Waals surface area (Å²) in [5, 5.41) is 0. The molecule has 0 heterocycles. The maximum atomic E-state index is 9.24. The summed E-state index contributed by atoms with van der Waals surface area (Å²) in [7, 11) is 0. The molecule has 0 aliphatic rings. The first-order valence-electron chi connectivity index (χ1n) is 0.676. The molecule has 0 aromatic heterocycles. The van der Waals surface area contributed by atoms with Crippen LogP contribution in [0.25, 0.3) is 0 Å². The van der Waals surface area contributed by atoms with E-state index in [2.05, 4.69) is 0 Å². The van der Waals surface area contributed by atoms with Crippen LogP contribution in [0, 0.1) is 0 Å². The van der Waals surface area contributed by atoms with Crippen LogP contribution >= 0.6 is 0 Å². The second kappa shape index (κ2) is 4.29. The van der Waals surface area contributed by atoms with Crippen LogP contribution in [-0.4, -0.2) is 35.7 Å². The van der Waals surface area contributed by atoms with Crippen LogP contribution < -0.4 is 0 Å². The standard InChI is InChI=1S/In.2O.Sb. The summed E-state index contributed by atoms with van der Waals surface area (Å²) in [4.78, 5) is 0. The number of rotatable bonds is 1. The van der Waals surface area contributed by atoms with E-state index in [1.165, 1.54) is 0 Å². The average Bonchev–Trinajstić information content (AvgIpc) is 1.37. The van der Waals surface area contributed by atoms with Crippen molar-refractivity contribution in [2.45, 2.75) is 0 Å². The average molecular weight is 269 g/mol. The second-order valence-corrected chi connectivity index (χ2v) is 9.49. The molecule has 0 fully saturated rings. The van der Waals surface area contributed by atoms with Crippen LogP contribution in [0.1, 0.15) is 0 Å². The van der Waals surface area contributed by atoms with Gasteiger partial charge in [0, 0.05) is 0 Å². The summed E-state index contributed by atoms with van der Waals surface area (Å²) in [5.74, 6) is 0. The fourth-order valence-corrected chi connectivity index (χ4v) is 0. The van der Waals surface area contributed by atoms with E-state index in [4.69, 9.17) is 0 Å². The summed E-state index contributed by atoms with van der Waals surface area (Å²) in [5.41, 5.74) is 0. The molecule has 0 amide bonds. The zero-order valence-electron chi connectivity index (χ0n) is 1.84. The molecule has 2 nitrogen and oxygen atoms in total. The van der Waals surface area contributed by atoms with Gasteiger partial charge in [-0.15, -0.1) is 0 Å². The third-order valence-electron chi connectivity index (χ3n) is 0.0430. The Morgan fingerprint density at radius 2 is 2.00 bits per heavy atom. The first kappa shape index (κ1) is 5.29. The van der Waals surface area contributed by atoms with Gasteiger partial charge in [-0.05, 0) is 0 Å². The van der Waals surface area contributed by atoms with Crippen molar-refractivity contribution in [2.24, 2.45) is 0 Å². The van der Waals surface area contributed by atoms with Gasteiger partial charge in [0.05, 0.1) is 0 Å². The molecule has 0 aliphatic carbocycles. The van der Waals surface area contributed by atoms with Crippen molar-refractivity contribution in [3.63, 3.8) is 0 Å². The Bertz CT molecular complexity index is 27.0. The topological polar surface area (TPSA) is 34.1 Å². The predicted molar refractivity (Wildman–Crippen MR) is 12.9 cm³/mol. The SMILES string of the molecule is [O]=[In][Sb]=[O]. The maximum absolute atomic E-state index is 9.24. The summed E-state index contributed by atoms with van der Waals surface area (Å²) in [6, 6.07) is 0. The van der Waals surface area contributed by atoms with Gasteiger partial charge >= 0.3 is 41.6 Å². The molecule has 0 atom stereocenters. The molecule has 0 spiro atoms. The number of hydrogen-bond acceptors (Lipinski definition) is 2. The van der Waals surface area contributed by atoms with E-state index in [1.807, 2.05) is 0 Å². The summed E-state index contributed by atoms with van der Waals surface area (Å²) in [6.45, 7) is 0. The Balaban J connectivity index is 2.73. The minimum absolute atomic E-state index is 1.26. The molecule has 0 bridgehead atoms. The van der Waals surface area contributed by atoms with E-state index >= 15 is 0 Å². The Hall–Kier alpha value is 1.29. The van der Waals surface area contributed by atoms with Gasteiger partial charge in [-0.1, -0.05) is 0 Å².